The van der Waals surface area contributed by atoms with Crippen molar-refractivity contribution in [3.63, 3.8) is 0 Å². The number of benzene rings is 2. The number of aryl methyl sites for hydroxylation is 2. The minimum Gasteiger partial charge on any atom is -0.456 e. The van der Waals surface area contributed by atoms with Gasteiger partial charge in [0.1, 0.15) is 11.5 Å². The van der Waals surface area contributed by atoms with Crippen LogP contribution in [-0.4, -0.2) is 10.9 Å². The molecule has 1 heterocycles. The SMILES string of the molecule is CCc1ccc(C(=O)Nc2cccc(Oc3ccccc3Cl)c2)c(C)n1. The summed E-state index contributed by atoms with van der Waals surface area (Å²) in [6.07, 6.45) is 0.837. The Morgan fingerprint density at radius 1 is 1.12 bits per heavy atom. The third-order valence-electron chi connectivity index (χ3n) is 3.91. The molecule has 3 aromatic rings. The summed E-state index contributed by atoms with van der Waals surface area (Å²) in [5.74, 6) is 0.951. The zero-order valence-corrected chi connectivity index (χ0v) is 15.4. The lowest BCUT2D eigenvalue weighted by molar-refractivity contribution is 0.102. The van der Waals surface area contributed by atoms with Crippen molar-refractivity contribution in [1.82, 2.24) is 4.98 Å². The van der Waals surface area contributed by atoms with E-state index in [1.807, 2.05) is 44.2 Å². The average Bonchev–Trinajstić information content (AvgIpc) is 2.63. The third-order valence-corrected chi connectivity index (χ3v) is 4.22. The number of rotatable bonds is 5. The number of halogens is 1. The number of amides is 1. The molecule has 4 nitrogen and oxygen atoms in total. The first-order valence-electron chi connectivity index (χ1n) is 8.37. The Morgan fingerprint density at radius 3 is 2.65 bits per heavy atom. The molecule has 0 aliphatic heterocycles. The Labute approximate surface area is 157 Å². The summed E-state index contributed by atoms with van der Waals surface area (Å²) in [6.45, 7) is 3.87. The molecule has 1 aromatic heterocycles. The van der Waals surface area contributed by atoms with Crippen LogP contribution in [0.25, 0.3) is 0 Å². The van der Waals surface area contributed by atoms with Gasteiger partial charge in [0.05, 0.1) is 16.3 Å². The van der Waals surface area contributed by atoms with Gasteiger partial charge >= 0.3 is 0 Å². The maximum atomic E-state index is 12.5. The second-order valence-electron chi connectivity index (χ2n) is 5.80. The van der Waals surface area contributed by atoms with Gasteiger partial charge in [0, 0.05) is 17.4 Å². The standard InChI is InChI=1S/C21H19ClN2O2/c1-3-15-11-12-18(14(2)23-15)21(25)24-16-7-6-8-17(13-16)26-20-10-5-4-9-19(20)22/h4-13H,3H2,1-2H3,(H,24,25). The number of hydrogen-bond acceptors (Lipinski definition) is 3. The smallest absolute Gasteiger partial charge is 0.257 e. The predicted octanol–water partition coefficient (Wildman–Crippen LogP) is 5.65. The van der Waals surface area contributed by atoms with Crippen molar-refractivity contribution < 1.29 is 9.53 Å². The molecule has 0 saturated heterocycles. The first-order valence-corrected chi connectivity index (χ1v) is 8.75. The number of para-hydroxylation sites is 1. The van der Waals surface area contributed by atoms with Crippen LogP contribution in [0.15, 0.2) is 60.7 Å². The summed E-state index contributed by atoms with van der Waals surface area (Å²) >= 11 is 6.12. The van der Waals surface area contributed by atoms with E-state index in [2.05, 4.69) is 10.3 Å². The summed E-state index contributed by atoms with van der Waals surface area (Å²) in [5, 5.41) is 3.41. The van der Waals surface area contributed by atoms with E-state index in [9.17, 15) is 4.79 Å². The van der Waals surface area contributed by atoms with Crippen LogP contribution in [0.4, 0.5) is 5.69 Å². The molecular formula is C21H19ClN2O2. The number of nitrogens with one attached hydrogen (secondary N) is 1. The first-order chi connectivity index (χ1) is 12.6. The Hall–Kier alpha value is -2.85. The van der Waals surface area contributed by atoms with Gasteiger partial charge in [-0.25, -0.2) is 0 Å². The second-order valence-corrected chi connectivity index (χ2v) is 6.21. The van der Waals surface area contributed by atoms with Gasteiger partial charge in [-0.15, -0.1) is 0 Å². The lowest BCUT2D eigenvalue weighted by Gasteiger charge is -2.11. The number of ether oxygens (including phenoxy) is 1. The molecule has 26 heavy (non-hydrogen) atoms. The Morgan fingerprint density at radius 2 is 1.92 bits per heavy atom. The summed E-state index contributed by atoms with van der Waals surface area (Å²) in [7, 11) is 0. The molecule has 3 rings (SSSR count). The van der Waals surface area contributed by atoms with E-state index in [1.165, 1.54) is 0 Å². The van der Waals surface area contributed by atoms with Crippen molar-refractivity contribution in [3.8, 4) is 11.5 Å². The zero-order valence-electron chi connectivity index (χ0n) is 14.6. The molecule has 0 bridgehead atoms. The monoisotopic (exact) mass is 366 g/mol. The van der Waals surface area contributed by atoms with Crippen molar-refractivity contribution in [2.24, 2.45) is 0 Å². The van der Waals surface area contributed by atoms with Gasteiger partial charge in [0.15, 0.2) is 0 Å². The molecular weight excluding hydrogens is 348 g/mol. The van der Waals surface area contributed by atoms with Gasteiger partial charge in [-0.3, -0.25) is 9.78 Å². The molecule has 132 valence electrons. The molecule has 1 N–H and O–H groups in total. The van der Waals surface area contributed by atoms with Crippen LogP contribution >= 0.6 is 11.6 Å². The van der Waals surface area contributed by atoms with Gasteiger partial charge in [-0.1, -0.05) is 36.7 Å². The molecule has 5 heteroatoms. The van der Waals surface area contributed by atoms with Crippen molar-refractivity contribution in [2.75, 3.05) is 5.32 Å². The number of anilines is 1. The van der Waals surface area contributed by atoms with E-state index >= 15 is 0 Å². The summed E-state index contributed by atoms with van der Waals surface area (Å²) in [5.41, 5.74) is 2.87. The average molecular weight is 367 g/mol. The summed E-state index contributed by atoms with van der Waals surface area (Å²) < 4.78 is 5.80. The van der Waals surface area contributed by atoms with E-state index in [1.54, 1.807) is 30.3 Å². The number of hydrogen-bond donors (Lipinski definition) is 1. The summed E-state index contributed by atoms with van der Waals surface area (Å²) in [6, 6.07) is 18.1. The lowest BCUT2D eigenvalue weighted by Crippen LogP contribution is -2.14. The molecule has 0 saturated carbocycles. The molecule has 0 spiro atoms. The number of nitrogens with zero attached hydrogens (tertiary/aromatic N) is 1. The van der Waals surface area contributed by atoms with Crippen LogP contribution in [-0.2, 0) is 6.42 Å². The highest BCUT2D eigenvalue weighted by molar-refractivity contribution is 6.32. The van der Waals surface area contributed by atoms with Crippen LogP contribution in [0.5, 0.6) is 11.5 Å². The number of aromatic nitrogens is 1. The molecule has 2 aromatic carbocycles. The third kappa shape index (κ3) is 4.21. The molecule has 0 aliphatic carbocycles. The van der Waals surface area contributed by atoms with E-state index in [0.29, 0.717) is 33.5 Å². The van der Waals surface area contributed by atoms with Crippen molar-refractivity contribution >= 4 is 23.2 Å². The van der Waals surface area contributed by atoms with Crippen molar-refractivity contribution in [3.05, 3.63) is 82.6 Å². The normalized spacial score (nSPS) is 10.4. The predicted molar refractivity (Wildman–Crippen MR) is 104 cm³/mol. The Bertz CT molecular complexity index is 941. The molecule has 0 fully saturated rings. The van der Waals surface area contributed by atoms with Gasteiger partial charge in [0.25, 0.3) is 5.91 Å². The molecule has 0 unspecified atom stereocenters. The zero-order chi connectivity index (χ0) is 18.5. The molecule has 0 atom stereocenters. The highest BCUT2D eigenvalue weighted by atomic mass is 35.5. The van der Waals surface area contributed by atoms with Crippen LogP contribution in [0.3, 0.4) is 0 Å². The van der Waals surface area contributed by atoms with E-state index in [4.69, 9.17) is 16.3 Å². The van der Waals surface area contributed by atoms with E-state index in [0.717, 1.165) is 12.1 Å². The van der Waals surface area contributed by atoms with Gasteiger partial charge < -0.3 is 10.1 Å². The number of pyridine rings is 1. The highest BCUT2D eigenvalue weighted by Gasteiger charge is 2.11. The fraction of sp³-hybridized carbons (Fsp3) is 0.143. The first kappa shape index (κ1) is 18.0. The quantitative estimate of drug-likeness (QED) is 0.634. The lowest BCUT2D eigenvalue weighted by atomic mass is 10.1. The van der Waals surface area contributed by atoms with Crippen LogP contribution in [0.1, 0.15) is 28.7 Å². The highest BCUT2D eigenvalue weighted by Crippen LogP contribution is 2.30. The second kappa shape index (κ2) is 8.02. The van der Waals surface area contributed by atoms with Gasteiger partial charge in [0.2, 0.25) is 0 Å². The summed E-state index contributed by atoms with van der Waals surface area (Å²) in [4.78, 5) is 17.0. The Balaban J connectivity index is 1.76. The van der Waals surface area contributed by atoms with E-state index < -0.39 is 0 Å². The minimum atomic E-state index is -0.201. The van der Waals surface area contributed by atoms with Gasteiger partial charge in [-0.05, 0) is 49.7 Å². The largest absolute Gasteiger partial charge is 0.456 e. The minimum absolute atomic E-state index is 0.201. The maximum Gasteiger partial charge on any atom is 0.257 e. The van der Waals surface area contributed by atoms with Crippen LogP contribution in [0.2, 0.25) is 5.02 Å². The van der Waals surface area contributed by atoms with Crippen molar-refractivity contribution in [2.45, 2.75) is 20.3 Å². The number of carbonyl (C=O) groups excluding carboxylic acids is 1. The fourth-order valence-electron chi connectivity index (χ4n) is 2.54. The molecule has 0 radical (unpaired) electrons. The maximum absolute atomic E-state index is 12.5. The fourth-order valence-corrected chi connectivity index (χ4v) is 2.71. The molecule has 0 aliphatic rings. The topological polar surface area (TPSA) is 51.2 Å². The van der Waals surface area contributed by atoms with Crippen LogP contribution in [0, 0.1) is 6.92 Å². The van der Waals surface area contributed by atoms with Crippen LogP contribution < -0.4 is 10.1 Å². The van der Waals surface area contributed by atoms with E-state index in [-0.39, 0.29) is 5.91 Å². The number of carbonyl (C=O) groups is 1. The van der Waals surface area contributed by atoms with Crippen molar-refractivity contribution in [1.29, 1.82) is 0 Å². The van der Waals surface area contributed by atoms with Gasteiger partial charge in [-0.2, -0.15) is 0 Å². The molecule has 1 amide bonds. The Kier molecular flexibility index (Phi) is 5.54.